The van der Waals surface area contributed by atoms with E-state index in [1.54, 1.807) is 50.6 Å². The Morgan fingerprint density at radius 2 is 1.36 bits per heavy atom. The maximum absolute atomic E-state index is 13.3. The van der Waals surface area contributed by atoms with Gasteiger partial charge in [0, 0.05) is 5.56 Å². The summed E-state index contributed by atoms with van der Waals surface area (Å²) in [6, 6.07) is 14.1. The van der Waals surface area contributed by atoms with Crippen LogP contribution in [0.25, 0.3) is 5.57 Å². The molecule has 2 aromatic carbocycles. The van der Waals surface area contributed by atoms with Gasteiger partial charge >= 0.3 is 5.97 Å². The number of carbonyl (C=O) groups excluding carboxylic acids is 2. The van der Waals surface area contributed by atoms with Gasteiger partial charge in [-0.15, -0.1) is 11.8 Å². The number of hydrogen-bond acceptors (Lipinski definition) is 7. The molecular formula is C21H23NO5S. The Balaban J connectivity index is 2.50. The Morgan fingerprint density at radius 1 is 0.857 bits per heavy atom. The van der Waals surface area contributed by atoms with Gasteiger partial charge < -0.3 is 19.5 Å². The third-order valence-electron chi connectivity index (χ3n) is 4.01. The third-order valence-corrected chi connectivity index (χ3v) is 4.77. The van der Waals surface area contributed by atoms with Crippen molar-refractivity contribution >= 4 is 29.1 Å². The average molecular weight is 401 g/mol. The summed E-state index contributed by atoms with van der Waals surface area (Å²) < 4.78 is 15.0. The molecule has 7 heteroatoms. The maximum Gasteiger partial charge on any atom is 0.325 e. The number of hydrogen-bond donors (Lipinski definition) is 1. The van der Waals surface area contributed by atoms with E-state index in [0.29, 0.717) is 33.2 Å². The van der Waals surface area contributed by atoms with Crippen molar-refractivity contribution in [2.45, 2.75) is 0 Å². The second-order valence-corrected chi connectivity index (χ2v) is 6.44. The van der Waals surface area contributed by atoms with Crippen molar-refractivity contribution in [1.29, 1.82) is 0 Å². The fourth-order valence-corrected chi connectivity index (χ4v) is 3.13. The van der Waals surface area contributed by atoms with Gasteiger partial charge in [-0.2, -0.15) is 0 Å². The first-order chi connectivity index (χ1) is 13.5. The first-order valence-corrected chi connectivity index (χ1v) is 9.68. The normalized spacial score (nSPS) is 11.3. The Morgan fingerprint density at radius 3 is 1.79 bits per heavy atom. The van der Waals surface area contributed by atoms with Crippen LogP contribution in [0.1, 0.15) is 15.9 Å². The lowest BCUT2D eigenvalue weighted by Crippen LogP contribution is -2.24. The van der Waals surface area contributed by atoms with Gasteiger partial charge in [-0.05, 0) is 48.2 Å². The highest BCUT2D eigenvalue weighted by atomic mass is 32.2. The van der Waals surface area contributed by atoms with Crippen molar-refractivity contribution in [3.05, 3.63) is 64.7 Å². The second kappa shape index (κ2) is 10.4. The molecule has 0 fully saturated rings. The number of methoxy groups -OCH3 is 3. The molecule has 0 aliphatic heterocycles. The molecule has 2 aromatic rings. The van der Waals surface area contributed by atoms with Crippen LogP contribution in [-0.4, -0.2) is 45.9 Å². The van der Waals surface area contributed by atoms with Crippen molar-refractivity contribution in [3.8, 4) is 11.5 Å². The van der Waals surface area contributed by atoms with E-state index in [2.05, 4.69) is 10.1 Å². The van der Waals surface area contributed by atoms with E-state index in [1.165, 1.54) is 18.9 Å². The van der Waals surface area contributed by atoms with E-state index < -0.39 is 5.97 Å². The number of Topliss-reactive ketones (excluding diaryl/α,β-unsaturated/α-hetero) is 1. The molecule has 0 heterocycles. The van der Waals surface area contributed by atoms with Crippen LogP contribution in [0.3, 0.4) is 0 Å². The molecule has 6 nitrogen and oxygen atoms in total. The SMILES string of the molecule is COC(=O)CN/C(SC)=C(\C(=O)c1ccc(OC)cc1)c1ccc(OC)cc1. The van der Waals surface area contributed by atoms with Gasteiger partial charge in [0.15, 0.2) is 5.78 Å². The topological polar surface area (TPSA) is 73.9 Å². The Kier molecular flexibility index (Phi) is 7.95. The van der Waals surface area contributed by atoms with Crippen molar-refractivity contribution in [2.24, 2.45) is 0 Å². The van der Waals surface area contributed by atoms with E-state index in [0.717, 1.165) is 0 Å². The van der Waals surface area contributed by atoms with Crippen LogP contribution in [0.5, 0.6) is 11.5 Å². The summed E-state index contributed by atoms with van der Waals surface area (Å²) in [5.74, 6) is 0.765. The van der Waals surface area contributed by atoms with Crippen LogP contribution < -0.4 is 14.8 Å². The lowest BCUT2D eigenvalue weighted by molar-refractivity contribution is -0.139. The Labute approximate surface area is 168 Å². The van der Waals surface area contributed by atoms with E-state index in [9.17, 15) is 9.59 Å². The number of rotatable bonds is 9. The number of allylic oxidation sites excluding steroid dienone is 1. The number of nitrogens with one attached hydrogen (secondary N) is 1. The molecule has 0 aromatic heterocycles. The van der Waals surface area contributed by atoms with E-state index in [1.807, 2.05) is 18.4 Å². The van der Waals surface area contributed by atoms with Crippen LogP contribution in [0, 0.1) is 0 Å². The predicted molar refractivity (Wildman–Crippen MR) is 111 cm³/mol. The molecule has 0 aliphatic carbocycles. The molecule has 0 atom stereocenters. The first-order valence-electron chi connectivity index (χ1n) is 8.46. The third kappa shape index (κ3) is 5.29. The summed E-state index contributed by atoms with van der Waals surface area (Å²) >= 11 is 1.35. The molecule has 0 aliphatic rings. The maximum atomic E-state index is 13.3. The highest BCUT2D eigenvalue weighted by molar-refractivity contribution is 8.02. The number of carbonyl (C=O) groups is 2. The van der Waals surface area contributed by atoms with Gasteiger partial charge in [0.1, 0.15) is 18.0 Å². The molecule has 28 heavy (non-hydrogen) atoms. The number of thioether (sulfide) groups is 1. The molecule has 148 valence electrons. The fourth-order valence-electron chi connectivity index (χ4n) is 2.50. The number of benzene rings is 2. The van der Waals surface area contributed by atoms with Gasteiger partial charge in [-0.3, -0.25) is 9.59 Å². The van der Waals surface area contributed by atoms with Crippen molar-refractivity contribution in [2.75, 3.05) is 34.1 Å². The summed E-state index contributed by atoms with van der Waals surface area (Å²) in [4.78, 5) is 24.9. The number of ketones is 1. The molecule has 0 amide bonds. The molecule has 1 N–H and O–H groups in total. The van der Waals surface area contributed by atoms with Crippen molar-refractivity contribution in [1.82, 2.24) is 5.32 Å². The average Bonchev–Trinajstić information content (AvgIpc) is 2.76. The van der Waals surface area contributed by atoms with Crippen molar-refractivity contribution in [3.63, 3.8) is 0 Å². The predicted octanol–water partition coefficient (Wildman–Crippen LogP) is 3.38. The monoisotopic (exact) mass is 401 g/mol. The van der Waals surface area contributed by atoms with Crippen molar-refractivity contribution < 1.29 is 23.8 Å². The minimum atomic E-state index is -0.419. The highest BCUT2D eigenvalue weighted by Gasteiger charge is 2.20. The zero-order chi connectivity index (χ0) is 20.5. The van der Waals surface area contributed by atoms with E-state index in [-0.39, 0.29) is 12.3 Å². The molecule has 0 saturated heterocycles. The largest absolute Gasteiger partial charge is 0.497 e. The van der Waals surface area contributed by atoms with Gasteiger partial charge in [0.2, 0.25) is 0 Å². The fraction of sp³-hybridized carbons (Fsp3) is 0.238. The zero-order valence-electron chi connectivity index (χ0n) is 16.3. The van der Waals surface area contributed by atoms with Crippen LogP contribution in [0.15, 0.2) is 53.6 Å². The van der Waals surface area contributed by atoms with E-state index in [4.69, 9.17) is 9.47 Å². The Hall–Kier alpha value is -2.93. The highest BCUT2D eigenvalue weighted by Crippen LogP contribution is 2.29. The quantitative estimate of drug-likeness (QED) is 0.392. The summed E-state index contributed by atoms with van der Waals surface area (Å²) in [7, 11) is 4.47. The molecule has 0 radical (unpaired) electrons. The van der Waals surface area contributed by atoms with Crippen LogP contribution >= 0.6 is 11.8 Å². The molecule has 0 unspecified atom stereocenters. The molecule has 0 saturated carbocycles. The first kappa shape index (κ1) is 21.4. The number of ether oxygens (including phenoxy) is 3. The lowest BCUT2D eigenvalue weighted by atomic mass is 9.97. The second-order valence-electron chi connectivity index (χ2n) is 5.62. The minimum Gasteiger partial charge on any atom is -0.497 e. The van der Waals surface area contributed by atoms with Gasteiger partial charge in [-0.1, -0.05) is 12.1 Å². The van der Waals surface area contributed by atoms with Crippen LogP contribution in [-0.2, 0) is 9.53 Å². The van der Waals surface area contributed by atoms with Gasteiger partial charge in [0.05, 0.1) is 31.9 Å². The zero-order valence-corrected chi connectivity index (χ0v) is 17.1. The molecule has 2 rings (SSSR count). The minimum absolute atomic E-state index is 0.0395. The summed E-state index contributed by atoms with van der Waals surface area (Å²) in [5, 5.41) is 3.59. The van der Waals surface area contributed by atoms with Gasteiger partial charge in [-0.25, -0.2) is 0 Å². The summed E-state index contributed by atoms with van der Waals surface area (Å²) in [6.07, 6.45) is 1.84. The summed E-state index contributed by atoms with van der Waals surface area (Å²) in [6.45, 7) is -0.0395. The van der Waals surface area contributed by atoms with E-state index >= 15 is 0 Å². The molecular weight excluding hydrogens is 378 g/mol. The number of esters is 1. The Bertz CT molecular complexity index is 844. The van der Waals surface area contributed by atoms with Crippen LogP contribution in [0.2, 0.25) is 0 Å². The lowest BCUT2D eigenvalue weighted by Gasteiger charge is -2.15. The van der Waals surface area contributed by atoms with Crippen LogP contribution in [0.4, 0.5) is 0 Å². The standard InChI is InChI=1S/C21H23NO5S/c1-25-16-9-5-14(6-10-16)19(21(28-4)22-13-18(23)27-3)20(24)15-7-11-17(26-2)12-8-15/h5-12,22H,13H2,1-4H3/b21-19+. The smallest absolute Gasteiger partial charge is 0.325 e. The molecule has 0 bridgehead atoms. The summed E-state index contributed by atoms with van der Waals surface area (Å²) in [5.41, 5.74) is 1.69. The molecule has 0 spiro atoms. The van der Waals surface area contributed by atoms with Gasteiger partial charge in [0.25, 0.3) is 0 Å².